The summed E-state index contributed by atoms with van der Waals surface area (Å²) in [7, 11) is 0. The predicted molar refractivity (Wildman–Crippen MR) is 92.1 cm³/mol. The van der Waals surface area contributed by atoms with Gasteiger partial charge in [-0.15, -0.1) is 0 Å². The van der Waals surface area contributed by atoms with Crippen molar-refractivity contribution in [2.45, 2.75) is 39.1 Å². The van der Waals surface area contributed by atoms with Crippen molar-refractivity contribution in [3.05, 3.63) is 35.9 Å². The Morgan fingerprint density at radius 2 is 1.63 bits per heavy atom. The molecular weight excluding hydrogens is 356 g/mol. The zero-order valence-electron chi connectivity index (χ0n) is 15.2. The average molecular weight is 378 g/mol. The van der Waals surface area contributed by atoms with Crippen LogP contribution in [0.5, 0.6) is 0 Å². The Bertz CT molecular complexity index is 666. The Balaban J connectivity index is 2.21. The van der Waals surface area contributed by atoms with Crippen LogP contribution in [0, 0.1) is 0 Å². The molecule has 1 atom stereocenters. The fourth-order valence-corrected chi connectivity index (χ4v) is 2.48. The minimum absolute atomic E-state index is 0.0126. The summed E-state index contributed by atoms with van der Waals surface area (Å²) in [5.74, 6) is -2.21. The third-order valence-corrected chi connectivity index (χ3v) is 3.76. The van der Waals surface area contributed by atoms with Crippen molar-refractivity contribution in [2.24, 2.45) is 0 Å². The first kappa shape index (κ1) is 20.2. The normalized spacial score (nSPS) is 15.4. The average Bonchev–Trinajstić information content (AvgIpc) is 2.63. The van der Waals surface area contributed by atoms with Gasteiger partial charge < -0.3 is 19.5 Å². The van der Waals surface area contributed by atoms with Crippen molar-refractivity contribution in [1.29, 1.82) is 0 Å². The van der Waals surface area contributed by atoms with Crippen LogP contribution in [-0.2, 0) is 35.2 Å². The summed E-state index contributed by atoms with van der Waals surface area (Å²) in [6, 6.07) is 7.24. The van der Waals surface area contributed by atoms with E-state index in [1.54, 1.807) is 38.1 Å². The summed E-state index contributed by atoms with van der Waals surface area (Å²) in [6.07, 6.45) is -1.86. The van der Waals surface area contributed by atoms with Crippen molar-refractivity contribution in [3.63, 3.8) is 0 Å². The first-order chi connectivity index (χ1) is 13.0. The second-order valence-corrected chi connectivity index (χ2v) is 5.64. The fourth-order valence-electron chi connectivity index (χ4n) is 2.48. The van der Waals surface area contributed by atoms with Gasteiger partial charge in [0.05, 0.1) is 19.6 Å². The number of carbonyl (C=O) groups excluding carboxylic acids is 4. The minimum Gasteiger partial charge on any atom is -0.464 e. The lowest BCUT2D eigenvalue weighted by molar-refractivity contribution is -0.167. The van der Waals surface area contributed by atoms with Gasteiger partial charge in [-0.2, -0.15) is 0 Å². The van der Waals surface area contributed by atoms with Crippen molar-refractivity contribution < 1.29 is 33.4 Å². The number of β-lactam (4-membered cyclic amide) rings is 1. The van der Waals surface area contributed by atoms with E-state index in [-0.39, 0.29) is 32.1 Å². The molecule has 27 heavy (non-hydrogen) atoms. The van der Waals surface area contributed by atoms with Crippen LogP contribution in [0.3, 0.4) is 0 Å². The molecular formula is C18H22N2O7. The molecule has 9 heteroatoms. The first-order valence-corrected chi connectivity index (χ1v) is 8.59. The molecule has 0 radical (unpaired) electrons. The number of hydrogen-bond acceptors (Lipinski definition) is 7. The monoisotopic (exact) mass is 378 g/mol. The van der Waals surface area contributed by atoms with E-state index in [9.17, 15) is 19.2 Å². The lowest BCUT2D eigenvalue weighted by Crippen LogP contribution is -2.66. The number of carbonyl (C=O) groups is 4. The van der Waals surface area contributed by atoms with Gasteiger partial charge in [0.1, 0.15) is 12.8 Å². The summed E-state index contributed by atoms with van der Waals surface area (Å²) in [5, 5.41) is 2.47. The molecule has 1 aromatic rings. The topological polar surface area (TPSA) is 111 Å². The molecule has 9 nitrogen and oxygen atoms in total. The van der Waals surface area contributed by atoms with E-state index in [0.717, 1.165) is 10.5 Å². The molecule has 1 unspecified atom stereocenters. The summed E-state index contributed by atoms with van der Waals surface area (Å²) in [4.78, 5) is 49.5. The first-order valence-electron chi connectivity index (χ1n) is 8.59. The number of benzene rings is 1. The molecule has 1 N–H and O–H groups in total. The molecule has 0 spiro atoms. The highest BCUT2D eigenvalue weighted by molar-refractivity contribution is 6.02. The standard InChI is InChI=1S/C18H22N2O7/c1-3-25-16(22)15(17(23)26-4-2)20(13-10-14(21)19-13)18(24)27-11-12-8-6-5-7-9-12/h5-9,13,15H,3-4,10-11H2,1-2H3,(H,19,21). The van der Waals surface area contributed by atoms with Gasteiger partial charge in [-0.25, -0.2) is 14.4 Å². The largest absolute Gasteiger partial charge is 0.464 e. The minimum atomic E-state index is -1.67. The summed E-state index contributed by atoms with van der Waals surface area (Å²) >= 11 is 0. The number of nitrogens with one attached hydrogen (secondary N) is 1. The fraction of sp³-hybridized carbons (Fsp3) is 0.444. The molecule has 0 saturated carbocycles. The number of amides is 2. The molecule has 1 aliphatic rings. The quantitative estimate of drug-likeness (QED) is 0.310. The maximum atomic E-state index is 12.7. The second kappa shape index (κ2) is 9.56. The van der Waals surface area contributed by atoms with Crippen LogP contribution in [0.1, 0.15) is 25.8 Å². The molecule has 2 rings (SSSR count). The second-order valence-electron chi connectivity index (χ2n) is 5.64. The molecule has 0 bridgehead atoms. The van der Waals surface area contributed by atoms with Gasteiger partial charge in [0, 0.05) is 0 Å². The van der Waals surface area contributed by atoms with Crippen molar-refractivity contribution >= 4 is 23.9 Å². The Kier molecular flexibility index (Phi) is 7.16. The van der Waals surface area contributed by atoms with Crippen LogP contribution >= 0.6 is 0 Å². The predicted octanol–water partition coefficient (Wildman–Crippen LogP) is 0.966. The number of ether oxygens (including phenoxy) is 3. The van der Waals surface area contributed by atoms with E-state index in [4.69, 9.17) is 14.2 Å². The summed E-state index contributed by atoms with van der Waals surface area (Å²) in [6.45, 7) is 3.11. The molecule has 1 saturated heterocycles. The Morgan fingerprint density at radius 3 is 2.11 bits per heavy atom. The van der Waals surface area contributed by atoms with E-state index in [0.29, 0.717) is 0 Å². The third kappa shape index (κ3) is 5.19. The smallest absolute Gasteiger partial charge is 0.413 e. The number of hydrogen-bond donors (Lipinski definition) is 1. The van der Waals surface area contributed by atoms with E-state index in [1.165, 1.54) is 0 Å². The lowest BCUT2D eigenvalue weighted by Gasteiger charge is -2.39. The van der Waals surface area contributed by atoms with Crippen LogP contribution in [0.25, 0.3) is 0 Å². The molecule has 1 aromatic carbocycles. The molecule has 2 amide bonds. The third-order valence-electron chi connectivity index (χ3n) is 3.76. The molecule has 0 aromatic heterocycles. The highest BCUT2D eigenvalue weighted by atomic mass is 16.6. The summed E-state index contributed by atoms with van der Waals surface area (Å²) in [5.41, 5.74) is 0.729. The molecule has 1 fully saturated rings. The molecule has 0 aliphatic carbocycles. The van der Waals surface area contributed by atoms with Crippen LogP contribution in [0.2, 0.25) is 0 Å². The Hall–Kier alpha value is -3.10. The molecule has 1 heterocycles. The number of nitrogens with zero attached hydrogens (tertiary/aromatic N) is 1. The highest BCUT2D eigenvalue weighted by Crippen LogP contribution is 2.19. The van der Waals surface area contributed by atoms with Crippen molar-refractivity contribution in [3.8, 4) is 0 Å². The maximum Gasteiger partial charge on any atom is 0.413 e. The van der Waals surface area contributed by atoms with Gasteiger partial charge in [-0.1, -0.05) is 30.3 Å². The summed E-state index contributed by atoms with van der Waals surface area (Å²) < 4.78 is 15.1. The molecule has 1 aliphatic heterocycles. The molecule has 146 valence electrons. The van der Waals surface area contributed by atoms with Gasteiger partial charge in [-0.3, -0.25) is 9.69 Å². The van der Waals surface area contributed by atoms with Crippen molar-refractivity contribution in [2.75, 3.05) is 13.2 Å². The maximum absolute atomic E-state index is 12.7. The van der Waals surface area contributed by atoms with E-state index in [1.807, 2.05) is 6.07 Å². The van der Waals surface area contributed by atoms with Crippen LogP contribution in [0.4, 0.5) is 4.79 Å². The highest BCUT2D eigenvalue weighted by Gasteiger charge is 2.47. The van der Waals surface area contributed by atoms with Crippen molar-refractivity contribution in [1.82, 2.24) is 10.2 Å². The van der Waals surface area contributed by atoms with Crippen LogP contribution in [0.15, 0.2) is 30.3 Å². The van der Waals surface area contributed by atoms with Gasteiger partial charge in [0.15, 0.2) is 0 Å². The number of rotatable bonds is 8. The Morgan fingerprint density at radius 1 is 1.07 bits per heavy atom. The van der Waals surface area contributed by atoms with Crippen LogP contribution < -0.4 is 5.32 Å². The zero-order chi connectivity index (χ0) is 19.8. The van der Waals surface area contributed by atoms with Crippen LogP contribution in [-0.4, -0.2) is 54.3 Å². The van der Waals surface area contributed by atoms with Gasteiger partial charge in [0.25, 0.3) is 0 Å². The lowest BCUT2D eigenvalue weighted by atomic mass is 10.1. The Labute approximate surface area is 156 Å². The van der Waals surface area contributed by atoms with Gasteiger partial charge in [-0.05, 0) is 19.4 Å². The SMILES string of the molecule is CCOC(=O)C(C(=O)OCC)N(C(=O)OCc1ccccc1)C1CC(=O)N1. The number of esters is 2. The van der Waals surface area contributed by atoms with E-state index in [2.05, 4.69) is 5.32 Å². The van der Waals surface area contributed by atoms with E-state index >= 15 is 0 Å². The van der Waals surface area contributed by atoms with E-state index < -0.39 is 30.2 Å². The van der Waals surface area contributed by atoms with Gasteiger partial charge >= 0.3 is 18.0 Å². The zero-order valence-corrected chi connectivity index (χ0v) is 15.2. The van der Waals surface area contributed by atoms with Gasteiger partial charge in [0.2, 0.25) is 11.9 Å².